The minimum Gasteiger partial charge on any atom is -0.496 e. The highest BCUT2D eigenvalue weighted by Crippen LogP contribution is 2.29. The number of methoxy groups -OCH3 is 1. The fourth-order valence-corrected chi connectivity index (χ4v) is 3.52. The first-order valence-corrected chi connectivity index (χ1v) is 7.75. The second-order valence-corrected chi connectivity index (χ2v) is 5.97. The molecule has 1 atom stereocenters. The first kappa shape index (κ1) is 14.2. The number of piperidine rings is 1. The lowest BCUT2D eigenvalue weighted by atomic mass is 10.0. The van der Waals surface area contributed by atoms with Gasteiger partial charge in [0.25, 0.3) is 11.5 Å². The topological polar surface area (TPSA) is 51.5 Å². The van der Waals surface area contributed by atoms with E-state index in [2.05, 4.69) is 6.92 Å². The number of amides is 1. The number of aromatic nitrogens is 1. The van der Waals surface area contributed by atoms with Crippen LogP contribution in [0.3, 0.4) is 0 Å². The number of ether oxygens (including phenoxy) is 1. The van der Waals surface area contributed by atoms with Crippen molar-refractivity contribution in [3.8, 4) is 5.75 Å². The second kappa shape index (κ2) is 5.54. The van der Waals surface area contributed by atoms with E-state index >= 15 is 0 Å². The molecule has 5 heteroatoms. The van der Waals surface area contributed by atoms with Gasteiger partial charge in [-0.15, -0.1) is 0 Å². The van der Waals surface area contributed by atoms with Crippen molar-refractivity contribution in [1.82, 2.24) is 9.47 Å². The zero-order valence-corrected chi connectivity index (χ0v) is 12.7. The summed E-state index contributed by atoms with van der Waals surface area (Å²) >= 11 is 0. The summed E-state index contributed by atoms with van der Waals surface area (Å²) in [5, 5.41) is 0. The molecule has 0 aliphatic carbocycles. The van der Waals surface area contributed by atoms with E-state index in [0.717, 1.165) is 37.9 Å². The van der Waals surface area contributed by atoms with Crippen molar-refractivity contribution in [1.29, 1.82) is 0 Å². The highest BCUT2D eigenvalue weighted by Gasteiger charge is 2.31. The van der Waals surface area contributed by atoms with Crippen molar-refractivity contribution in [3.05, 3.63) is 27.7 Å². The summed E-state index contributed by atoms with van der Waals surface area (Å²) in [5.41, 5.74) is 1.38. The van der Waals surface area contributed by atoms with E-state index in [4.69, 9.17) is 4.74 Å². The smallest absolute Gasteiger partial charge is 0.259 e. The summed E-state index contributed by atoms with van der Waals surface area (Å²) in [6, 6.07) is 1.71. The predicted octanol–water partition coefficient (Wildman–Crippen LogP) is 1.82. The molecule has 1 fully saturated rings. The molecule has 0 aromatic carbocycles. The average Bonchev–Trinajstić information content (AvgIpc) is 2.96. The van der Waals surface area contributed by atoms with E-state index in [1.165, 1.54) is 19.6 Å². The highest BCUT2D eigenvalue weighted by atomic mass is 16.5. The molecule has 1 unspecified atom stereocenters. The maximum Gasteiger partial charge on any atom is 0.259 e. The standard InChI is InChI=1S/C16H22N2O3/c1-11-6-3-4-8-17(11)16(20)15-12-7-5-9-18(12)14(19)10-13(15)21-2/h10-11H,3-9H2,1-2H3. The highest BCUT2D eigenvalue weighted by molar-refractivity contribution is 5.98. The molecule has 5 nitrogen and oxygen atoms in total. The number of carbonyl (C=O) groups excluding carboxylic acids is 1. The van der Waals surface area contributed by atoms with Crippen molar-refractivity contribution in [2.75, 3.05) is 13.7 Å². The summed E-state index contributed by atoms with van der Waals surface area (Å²) in [5.74, 6) is 0.445. The zero-order valence-electron chi connectivity index (χ0n) is 12.7. The molecule has 1 amide bonds. The van der Waals surface area contributed by atoms with Crippen LogP contribution in [-0.4, -0.2) is 35.1 Å². The van der Waals surface area contributed by atoms with E-state index in [0.29, 0.717) is 17.9 Å². The summed E-state index contributed by atoms with van der Waals surface area (Å²) in [7, 11) is 1.52. The largest absolute Gasteiger partial charge is 0.496 e. The van der Waals surface area contributed by atoms with Crippen molar-refractivity contribution < 1.29 is 9.53 Å². The van der Waals surface area contributed by atoms with E-state index in [1.54, 1.807) is 4.57 Å². The Morgan fingerprint density at radius 2 is 2.10 bits per heavy atom. The molecular formula is C16H22N2O3. The molecule has 21 heavy (non-hydrogen) atoms. The van der Waals surface area contributed by atoms with Gasteiger partial charge < -0.3 is 14.2 Å². The Morgan fingerprint density at radius 3 is 2.81 bits per heavy atom. The Balaban J connectivity index is 2.07. The lowest BCUT2D eigenvalue weighted by molar-refractivity contribution is 0.0630. The van der Waals surface area contributed by atoms with Gasteiger partial charge in [0, 0.05) is 30.9 Å². The lowest BCUT2D eigenvalue weighted by Crippen LogP contribution is -2.43. The third-order valence-electron chi connectivity index (χ3n) is 4.67. The fourth-order valence-electron chi connectivity index (χ4n) is 3.52. The van der Waals surface area contributed by atoms with Gasteiger partial charge in [-0.25, -0.2) is 0 Å². The van der Waals surface area contributed by atoms with Crippen LogP contribution < -0.4 is 10.3 Å². The van der Waals surface area contributed by atoms with Crippen LogP contribution in [0.15, 0.2) is 10.9 Å². The monoisotopic (exact) mass is 290 g/mol. The summed E-state index contributed by atoms with van der Waals surface area (Å²) in [4.78, 5) is 27.0. The van der Waals surface area contributed by atoms with Gasteiger partial charge in [0.05, 0.1) is 7.11 Å². The third kappa shape index (κ3) is 2.34. The molecule has 1 aromatic rings. The van der Waals surface area contributed by atoms with Crippen LogP contribution in [0, 0.1) is 0 Å². The number of likely N-dealkylation sites (tertiary alicyclic amines) is 1. The average molecular weight is 290 g/mol. The van der Waals surface area contributed by atoms with Gasteiger partial charge >= 0.3 is 0 Å². The molecule has 114 valence electrons. The maximum atomic E-state index is 13.0. The van der Waals surface area contributed by atoms with Crippen molar-refractivity contribution in [2.45, 2.75) is 51.6 Å². The van der Waals surface area contributed by atoms with Crippen LogP contribution in [0.1, 0.15) is 48.7 Å². The Hall–Kier alpha value is -1.78. The number of pyridine rings is 1. The van der Waals surface area contributed by atoms with Crippen LogP contribution in [0.5, 0.6) is 5.75 Å². The van der Waals surface area contributed by atoms with Crippen LogP contribution >= 0.6 is 0 Å². The second-order valence-electron chi connectivity index (χ2n) is 5.97. The van der Waals surface area contributed by atoms with Gasteiger partial charge in [-0.3, -0.25) is 9.59 Å². The van der Waals surface area contributed by atoms with Gasteiger partial charge in [-0.1, -0.05) is 0 Å². The molecule has 0 bridgehead atoms. The van der Waals surface area contributed by atoms with Crippen LogP contribution in [0.2, 0.25) is 0 Å². The predicted molar refractivity (Wildman–Crippen MR) is 79.9 cm³/mol. The number of hydrogen-bond donors (Lipinski definition) is 0. The zero-order chi connectivity index (χ0) is 15.0. The maximum absolute atomic E-state index is 13.0. The summed E-state index contributed by atoms with van der Waals surface area (Å²) in [6.45, 7) is 3.59. The minimum absolute atomic E-state index is 0.0182. The van der Waals surface area contributed by atoms with Crippen molar-refractivity contribution in [2.24, 2.45) is 0 Å². The molecule has 3 heterocycles. The quantitative estimate of drug-likeness (QED) is 0.835. The molecule has 0 saturated carbocycles. The Morgan fingerprint density at radius 1 is 1.29 bits per heavy atom. The van der Waals surface area contributed by atoms with Crippen LogP contribution in [0.4, 0.5) is 0 Å². The fraction of sp³-hybridized carbons (Fsp3) is 0.625. The number of fused-ring (bicyclic) bond motifs is 1. The normalized spacial score (nSPS) is 21.2. The molecule has 0 spiro atoms. The molecule has 0 N–H and O–H groups in total. The molecular weight excluding hydrogens is 268 g/mol. The summed E-state index contributed by atoms with van der Waals surface area (Å²) < 4.78 is 7.06. The molecule has 2 aliphatic heterocycles. The molecule has 1 aromatic heterocycles. The van der Waals surface area contributed by atoms with Crippen LogP contribution in [0.25, 0.3) is 0 Å². The number of nitrogens with zero attached hydrogens (tertiary/aromatic N) is 2. The van der Waals surface area contributed by atoms with Gasteiger partial charge in [-0.2, -0.15) is 0 Å². The Labute approximate surface area is 124 Å². The van der Waals surface area contributed by atoms with Gasteiger partial charge in [0.15, 0.2) is 0 Å². The Kier molecular flexibility index (Phi) is 3.74. The van der Waals surface area contributed by atoms with Crippen LogP contribution in [-0.2, 0) is 13.0 Å². The number of rotatable bonds is 2. The van der Waals surface area contributed by atoms with E-state index in [1.807, 2.05) is 4.90 Å². The van der Waals surface area contributed by atoms with Gasteiger partial charge in [0.1, 0.15) is 11.3 Å². The lowest BCUT2D eigenvalue weighted by Gasteiger charge is -2.34. The third-order valence-corrected chi connectivity index (χ3v) is 4.67. The first-order chi connectivity index (χ1) is 10.1. The molecule has 2 aliphatic rings. The van der Waals surface area contributed by atoms with Crippen molar-refractivity contribution >= 4 is 5.91 Å². The van der Waals surface area contributed by atoms with E-state index in [9.17, 15) is 9.59 Å². The SMILES string of the molecule is COc1cc(=O)n2c(c1C(=O)N1CCCCC1C)CCC2. The van der Waals surface area contributed by atoms with Gasteiger partial charge in [0.2, 0.25) is 0 Å². The molecule has 0 radical (unpaired) electrons. The van der Waals surface area contributed by atoms with Crippen molar-refractivity contribution in [3.63, 3.8) is 0 Å². The first-order valence-electron chi connectivity index (χ1n) is 7.75. The van der Waals surface area contributed by atoms with E-state index in [-0.39, 0.29) is 17.5 Å². The Bertz CT molecular complexity index is 621. The van der Waals surface area contributed by atoms with Gasteiger partial charge in [-0.05, 0) is 39.0 Å². The summed E-state index contributed by atoms with van der Waals surface area (Å²) in [6.07, 6.45) is 4.96. The molecule has 3 rings (SSSR count). The minimum atomic E-state index is -0.0670. The number of carbonyl (C=O) groups is 1. The molecule has 1 saturated heterocycles. The number of hydrogen-bond acceptors (Lipinski definition) is 3. The van der Waals surface area contributed by atoms with E-state index < -0.39 is 0 Å².